The van der Waals surface area contributed by atoms with Crippen molar-refractivity contribution in [2.24, 2.45) is 11.8 Å². The van der Waals surface area contributed by atoms with Crippen LogP contribution in [0.3, 0.4) is 0 Å². The van der Waals surface area contributed by atoms with Gasteiger partial charge in [0.15, 0.2) is 0 Å². The molecular formula is C16H20FNO2. The van der Waals surface area contributed by atoms with Crippen LogP contribution in [0.25, 0.3) is 0 Å². The molecule has 108 valence electrons. The van der Waals surface area contributed by atoms with Crippen LogP contribution in [-0.2, 0) is 4.79 Å². The van der Waals surface area contributed by atoms with Gasteiger partial charge in [0.05, 0.1) is 6.10 Å². The first-order valence-corrected chi connectivity index (χ1v) is 7.24. The van der Waals surface area contributed by atoms with E-state index in [2.05, 4.69) is 0 Å². The lowest BCUT2D eigenvalue weighted by Gasteiger charge is -2.21. The lowest BCUT2D eigenvalue weighted by molar-refractivity contribution is -0.132. The van der Waals surface area contributed by atoms with Gasteiger partial charge in [0.1, 0.15) is 5.82 Å². The van der Waals surface area contributed by atoms with Crippen LogP contribution in [-0.4, -0.2) is 35.6 Å². The van der Waals surface area contributed by atoms with E-state index in [-0.39, 0.29) is 23.6 Å². The third kappa shape index (κ3) is 2.85. The summed E-state index contributed by atoms with van der Waals surface area (Å²) in [6.45, 7) is 0.413. The van der Waals surface area contributed by atoms with Gasteiger partial charge in [0.25, 0.3) is 0 Å². The Balaban J connectivity index is 1.56. The van der Waals surface area contributed by atoms with Gasteiger partial charge in [-0.15, -0.1) is 0 Å². The van der Waals surface area contributed by atoms with E-state index >= 15 is 0 Å². The van der Waals surface area contributed by atoms with Crippen molar-refractivity contribution in [2.75, 3.05) is 13.6 Å². The van der Waals surface area contributed by atoms with E-state index in [1.165, 1.54) is 12.1 Å². The molecule has 3 atom stereocenters. The van der Waals surface area contributed by atoms with Crippen molar-refractivity contribution < 1.29 is 14.3 Å². The van der Waals surface area contributed by atoms with E-state index in [1.807, 2.05) is 6.07 Å². The molecule has 1 aromatic rings. The SMILES string of the molecule is CN(CC(O)C1CC1)C(=O)C1CC1c1cccc(F)c1. The summed E-state index contributed by atoms with van der Waals surface area (Å²) in [6.07, 6.45) is 2.53. The predicted octanol–water partition coefficient (Wildman–Crippen LogP) is 2.16. The van der Waals surface area contributed by atoms with Crippen molar-refractivity contribution in [3.8, 4) is 0 Å². The normalized spacial score (nSPS) is 26.1. The first-order valence-electron chi connectivity index (χ1n) is 7.24. The molecule has 0 aliphatic heterocycles. The monoisotopic (exact) mass is 277 g/mol. The van der Waals surface area contributed by atoms with E-state index < -0.39 is 6.10 Å². The molecule has 2 aliphatic carbocycles. The fourth-order valence-corrected chi connectivity index (χ4v) is 2.86. The number of likely N-dealkylation sites (N-methyl/N-ethyl adjacent to an activating group) is 1. The molecule has 3 unspecified atom stereocenters. The average molecular weight is 277 g/mol. The first kappa shape index (κ1) is 13.6. The van der Waals surface area contributed by atoms with Crippen molar-refractivity contribution in [1.82, 2.24) is 4.90 Å². The maximum absolute atomic E-state index is 13.2. The zero-order valence-electron chi connectivity index (χ0n) is 11.6. The van der Waals surface area contributed by atoms with Crippen LogP contribution in [0.15, 0.2) is 24.3 Å². The molecule has 1 aromatic carbocycles. The number of carbonyl (C=O) groups excluding carboxylic acids is 1. The van der Waals surface area contributed by atoms with Crippen LogP contribution >= 0.6 is 0 Å². The molecule has 20 heavy (non-hydrogen) atoms. The van der Waals surface area contributed by atoms with Gasteiger partial charge in [-0.05, 0) is 48.8 Å². The summed E-state index contributed by atoms with van der Waals surface area (Å²) in [4.78, 5) is 13.9. The molecule has 2 saturated carbocycles. The zero-order chi connectivity index (χ0) is 14.3. The zero-order valence-corrected chi connectivity index (χ0v) is 11.6. The number of carbonyl (C=O) groups is 1. The molecule has 2 fully saturated rings. The van der Waals surface area contributed by atoms with E-state index in [4.69, 9.17) is 0 Å². The minimum atomic E-state index is -0.393. The molecule has 3 nitrogen and oxygen atoms in total. The average Bonchev–Trinajstić information content (AvgIpc) is 3.29. The Kier molecular flexibility index (Phi) is 3.50. The third-order valence-electron chi connectivity index (χ3n) is 4.39. The van der Waals surface area contributed by atoms with Gasteiger partial charge in [-0.1, -0.05) is 12.1 Å². The maximum Gasteiger partial charge on any atom is 0.226 e. The van der Waals surface area contributed by atoms with Crippen LogP contribution in [0.5, 0.6) is 0 Å². The van der Waals surface area contributed by atoms with Gasteiger partial charge in [-0.25, -0.2) is 4.39 Å². The Morgan fingerprint density at radius 3 is 2.90 bits per heavy atom. The van der Waals surface area contributed by atoms with E-state index in [1.54, 1.807) is 18.0 Å². The van der Waals surface area contributed by atoms with Gasteiger partial charge >= 0.3 is 0 Å². The Morgan fingerprint density at radius 1 is 1.50 bits per heavy atom. The number of hydrogen-bond acceptors (Lipinski definition) is 2. The molecule has 0 aromatic heterocycles. The summed E-state index contributed by atoms with van der Waals surface area (Å²) in [5.74, 6) is 0.285. The van der Waals surface area contributed by atoms with Gasteiger partial charge < -0.3 is 10.0 Å². The summed E-state index contributed by atoms with van der Waals surface area (Å²) in [5, 5.41) is 9.89. The predicted molar refractivity (Wildman–Crippen MR) is 73.6 cm³/mol. The quantitative estimate of drug-likeness (QED) is 0.896. The van der Waals surface area contributed by atoms with Crippen LogP contribution in [0.1, 0.15) is 30.7 Å². The number of aliphatic hydroxyl groups excluding tert-OH is 1. The van der Waals surface area contributed by atoms with Crippen molar-refractivity contribution >= 4 is 5.91 Å². The third-order valence-corrected chi connectivity index (χ3v) is 4.39. The molecule has 0 saturated heterocycles. The number of nitrogens with zero attached hydrogens (tertiary/aromatic N) is 1. The van der Waals surface area contributed by atoms with Gasteiger partial charge in [0.2, 0.25) is 5.91 Å². The van der Waals surface area contributed by atoms with Crippen LogP contribution in [0.2, 0.25) is 0 Å². The highest BCUT2D eigenvalue weighted by atomic mass is 19.1. The molecule has 3 rings (SSSR count). The number of halogens is 1. The molecule has 4 heteroatoms. The Morgan fingerprint density at radius 2 is 2.25 bits per heavy atom. The highest BCUT2D eigenvalue weighted by molar-refractivity contribution is 5.82. The maximum atomic E-state index is 13.2. The van der Waals surface area contributed by atoms with Gasteiger partial charge in [0, 0.05) is 19.5 Å². The number of rotatable bonds is 5. The minimum absolute atomic E-state index is 0.0480. The fourth-order valence-electron chi connectivity index (χ4n) is 2.86. The number of amides is 1. The van der Waals surface area contributed by atoms with Crippen molar-refractivity contribution in [3.05, 3.63) is 35.6 Å². The Bertz CT molecular complexity index is 515. The van der Waals surface area contributed by atoms with E-state index in [0.29, 0.717) is 12.5 Å². The van der Waals surface area contributed by atoms with E-state index in [0.717, 1.165) is 24.8 Å². The molecule has 0 radical (unpaired) electrons. The van der Waals surface area contributed by atoms with Gasteiger partial charge in [-0.2, -0.15) is 0 Å². The summed E-state index contributed by atoms with van der Waals surface area (Å²) in [7, 11) is 1.74. The molecular weight excluding hydrogens is 257 g/mol. The number of benzene rings is 1. The van der Waals surface area contributed by atoms with E-state index in [9.17, 15) is 14.3 Å². The number of hydrogen-bond donors (Lipinski definition) is 1. The van der Waals surface area contributed by atoms with Gasteiger partial charge in [-0.3, -0.25) is 4.79 Å². The summed E-state index contributed by atoms with van der Waals surface area (Å²) in [6, 6.07) is 6.49. The molecule has 2 aliphatic rings. The van der Waals surface area contributed by atoms with Crippen LogP contribution in [0.4, 0.5) is 4.39 Å². The smallest absolute Gasteiger partial charge is 0.226 e. The number of aliphatic hydroxyl groups is 1. The van der Waals surface area contributed by atoms with Crippen molar-refractivity contribution in [2.45, 2.75) is 31.3 Å². The second-order valence-electron chi connectivity index (χ2n) is 6.13. The second kappa shape index (κ2) is 5.17. The van der Waals surface area contributed by atoms with Crippen LogP contribution in [0, 0.1) is 17.7 Å². The molecule has 1 amide bonds. The topological polar surface area (TPSA) is 40.5 Å². The first-order chi connectivity index (χ1) is 9.56. The summed E-state index contributed by atoms with van der Waals surface area (Å²) < 4.78 is 13.2. The fraction of sp³-hybridized carbons (Fsp3) is 0.562. The molecule has 1 N–H and O–H groups in total. The molecule has 0 spiro atoms. The Hall–Kier alpha value is -1.42. The highest BCUT2D eigenvalue weighted by Gasteiger charge is 2.45. The lowest BCUT2D eigenvalue weighted by Crippen LogP contribution is -2.36. The second-order valence-corrected chi connectivity index (χ2v) is 6.13. The standard InChI is InChI=1S/C16H20FNO2/c1-18(9-15(19)10-5-6-10)16(20)14-8-13(14)11-3-2-4-12(17)7-11/h2-4,7,10,13-15,19H,5-6,8-9H2,1H3. The minimum Gasteiger partial charge on any atom is -0.391 e. The largest absolute Gasteiger partial charge is 0.391 e. The summed E-state index contributed by atoms with van der Waals surface area (Å²) in [5.41, 5.74) is 0.902. The van der Waals surface area contributed by atoms with Crippen molar-refractivity contribution in [1.29, 1.82) is 0 Å². The lowest BCUT2D eigenvalue weighted by atomic mass is 10.1. The highest BCUT2D eigenvalue weighted by Crippen LogP contribution is 2.48. The Labute approximate surface area is 118 Å². The summed E-state index contributed by atoms with van der Waals surface area (Å²) >= 11 is 0. The molecule has 0 bridgehead atoms. The molecule has 0 heterocycles. The van der Waals surface area contributed by atoms with Crippen LogP contribution < -0.4 is 0 Å². The van der Waals surface area contributed by atoms with Crippen molar-refractivity contribution in [3.63, 3.8) is 0 Å².